The van der Waals surface area contributed by atoms with Gasteiger partial charge in [-0.2, -0.15) is 0 Å². The number of hydrogen-bond acceptors (Lipinski definition) is 4. The standard InChI is InChI=1S/C21H24N2O3/c24-10-7-13-12-22-9-8-20-16-3-1-2-4-17(16)23-18(25)6-5-14(19(20)23)15(13)11-21(20,22)26/h1-4,7,14-15,19,24,26H,5-6,8-12H2/t14-,15+,19+,20+,21-/m1/s1. The molecule has 1 spiro atoms. The first-order chi connectivity index (χ1) is 12.6. The first kappa shape index (κ1) is 15.4. The summed E-state index contributed by atoms with van der Waals surface area (Å²) in [6, 6.07) is 8.28. The molecule has 4 fully saturated rings. The number of para-hydroxylation sites is 1. The van der Waals surface area contributed by atoms with E-state index in [9.17, 15) is 15.0 Å². The Morgan fingerprint density at radius 1 is 1.31 bits per heavy atom. The van der Waals surface area contributed by atoms with Crippen molar-refractivity contribution in [3.8, 4) is 0 Å². The van der Waals surface area contributed by atoms with Gasteiger partial charge < -0.3 is 15.1 Å². The second kappa shape index (κ2) is 4.77. The van der Waals surface area contributed by atoms with Gasteiger partial charge in [0.25, 0.3) is 0 Å². The summed E-state index contributed by atoms with van der Waals surface area (Å²) in [6.07, 6.45) is 5.02. The van der Waals surface area contributed by atoms with Crippen molar-refractivity contribution in [1.82, 2.24) is 4.90 Å². The number of hydrogen-bond donors (Lipinski definition) is 2. The van der Waals surface area contributed by atoms with E-state index in [-0.39, 0.29) is 29.9 Å². The zero-order valence-electron chi connectivity index (χ0n) is 14.8. The van der Waals surface area contributed by atoms with E-state index in [1.807, 2.05) is 23.1 Å². The molecule has 4 aliphatic heterocycles. The van der Waals surface area contributed by atoms with Gasteiger partial charge in [-0.3, -0.25) is 9.69 Å². The van der Waals surface area contributed by atoms with Gasteiger partial charge >= 0.3 is 0 Å². The van der Waals surface area contributed by atoms with Gasteiger partial charge in [-0.15, -0.1) is 0 Å². The highest BCUT2D eigenvalue weighted by molar-refractivity contribution is 5.98. The van der Waals surface area contributed by atoms with Crippen LogP contribution in [0.3, 0.4) is 0 Å². The molecule has 136 valence electrons. The third-order valence-corrected chi connectivity index (χ3v) is 8.03. The molecule has 2 N–H and O–H groups in total. The fraction of sp³-hybridized carbons (Fsp3) is 0.571. The molecule has 0 radical (unpaired) electrons. The number of carbonyl (C=O) groups excluding carboxylic acids is 1. The predicted molar refractivity (Wildman–Crippen MR) is 96.5 cm³/mol. The van der Waals surface area contributed by atoms with Gasteiger partial charge in [0, 0.05) is 25.2 Å². The maximum absolute atomic E-state index is 12.9. The van der Waals surface area contributed by atoms with Crippen LogP contribution in [0.1, 0.15) is 31.2 Å². The van der Waals surface area contributed by atoms with Crippen LogP contribution in [0.15, 0.2) is 35.9 Å². The molecule has 0 unspecified atom stereocenters. The minimum atomic E-state index is -0.895. The van der Waals surface area contributed by atoms with Gasteiger partial charge in [0.2, 0.25) is 5.91 Å². The number of anilines is 1. The third-order valence-electron chi connectivity index (χ3n) is 8.03. The molecule has 5 heteroatoms. The van der Waals surface area contributed by atoms with Gasteiger partial charge in [-0.05, 0) is 42.7 Å². The lowest BCUT2D eigenvalue weighted by Crippen LogP contribution is -2.72. The van der Waals surface area contributed by atoms with Crippen LogP contribution in [-0.4, -0.2) is 52.5 Å². The van der Waals surface area contributed by atoms with Crippen molar-refractivity contribution in [2.45, 2.75) is 42.9 Å². The molecule has 26 heavy (non-hydrogen) atoms. The molecule has 1 aromatic rings. The first-order valence-electron chi connectivity index (χ1n) is 9.80. The fourth-order valence-corrected chi connectivity index (χ4v) is 7.20. The molecule has 1 saturated carbocycles. The van der Waals surface area contributed by atoms with E-state index in [0.717, 1.165) is 38.0 Å². The summed E-state index contributed by atoms with van der Waals surface area (Å²) in [5, 5.41) is 21.6. The molecular weight excluding hydrogens is 328 g/mol. The summed E-state index contributed by atoms with van der Waals surface area (Å²) in [5.74, 6) is 0.813. The summed E-state index contributed by atoms with van der Waals surface area (Å²) >= 11 is 0. The van der Waals surface area contributed by atoms with Crippen molar-refractivity contribution in [1.29, 1.82) is 0 Å². The molecule has 4 heterocycles. The summed E-state index contributed by atoms with van der Waals surface area (Å²) < 4.78 is 0. The molecule has 1 amide bonds. The number of fused-ring (bicyclic) bond motifs is 4. The average molecular weight is 352 g/mol. The normalized spacial score (nSPS) is 44.4. The van der Waals surface area contributed by atoms with Gasteiger partial charge in [0.1, 0.15) is 5.72 Å². The van der Waals surface area contributed by atoms with Gasteiger partial charge in [-0.1, -0.05) is 29.8 Å². The van der Waals surface area contributed by atoms with Crippen LogP contribution in [0.2, 0.25) is 0 Å². The van der Waals surface area contributed by atoms with Crippen molar-refractivity contribution < 1.29 is 15.0 Å². The highest BCUT2D eigenvalue weighted by atomic mass is 16.3. The van der Waals surface area contributed by atoms with E-state index >= 15 is 0 Å². The SMILES string of the molecule is O=C1CC[C@H]2[C@@H]3N1c1ccccc1[C@@]31CCN3CC(=CCO)[C@@H]2C[C@]31O. The molecule has 0 aromatic heterocycles. The minimum Gasteiger partial charge on any atom is -0.392 e. The van der Waals surface area contributed by atoms with Gasteiger partial charge in [0.05, 0.1) is 18.1 Å². The van der Waals surface area contributed by atoms with E-state index < -0.39 is 5.72 Å². The topological polar surface area (TPSA) is 64.0 Å². The molecule has 2 bridgehead atoms. The summed E-state index contributed by atoms with van der Waals surface area (Å²) in [6.45, 7) is 1.62. The van der Waals surface area contributed by atoms with Crippen LogP contribution >= 0.6 is 0 Å². The average Bonchev–Trinajstić information content (AvgIpc) is 3.13. The number of nitrogens with zero attached hydrogens (tertiary/aromatic N) is 2. The summed E-state index contributed by atoms with van der Waals surface area (Å²) in [7, 11) is 0. The first-order valence-corrected chi connectivity index (χ1v) is 9.80. The smallest absolute Gasteiger partial charge is 0.227 e. The predicted octanol–water partition coefficient (Wildman–Crippen LogP) is 1.40. The number of amides is 1. The van der Waals surface area contributed by atoms with Crippen LogP contribution in [0.5, 0.6) is 0 Å². The van der Waals surface area contributed by atoms with Crippen molar-refractivity contribution in [3.63, 3.8) is 0 Å². The Bertz CT molecular complexity index is 851. The van der Waals surface area contributed by atoms with Crippen LogP contribution in [0.25, 0.3) is 0 Å². The molecule has 1 aromatic carbocycles. The Morgan fingerprint density at radius 3 is 3.00 bits per heavy atom. The van der Waals surface area contributed by atoms with Gasteiger partial charge in [0.15, 0.2) is 0 Å². The Morgan fingerprint density at radius 2 is 2.15 bits per heavy atom. The molecule has 5 atom stereocenters. The van der Waals surface area contributed by atoms with E-state index in [4.69, 9.17) is 0 Å². The lowest BCUT2D eigenvalue weighted by atomic mass is 9.52. The number of piperidine rings is 2. The molecule has 6 rings (SSSR count). The van der Waals surface area contributed by atoms with E-state index in [1.165, 1.54) is 11.1 Å². The Labute approximate surface area is 152 Å². The molecule has 5 nitrogen and oxygen atoms in total. The van der Waals surface area contributed by atoms with Crippen molar-refractivity contribution >= 4 is 11.6 Å². The Balaban J connectivity index is 1.64. The molecule has 5 aliphatic rings. The summed E-state index contributed by atoms with van der Waals surface area (Å²) in [4.78, 5) is 17.2. The maximum Gasteiger partial charge on any atom is 0.227 e. The van der Waals surface area contributed by atoms with E-state index in [1.54, 1.807) is 0 Å². The Hall–Kier alpha value is -1.69. The van der Waals surface area contributed by atoms with Crippen molar-refractivity contribution in [2.24, 2.45) is 11.8 Å². The quantitative estimate of drug-likeness (QED) is 0.750. The van der Waals surface area contributed by atoms with E-state index in [2.05, 4.69) is 17.0 Å². The lowest BCUT2D eigenvalue weighted by molar-refractivity contribution is -0.186. The molecule has 1 aliphatic carbocycles. The number of benzene rings is 1. The lowest BCUT2D eigenvalue weighted by Gasteiger charge is -2.61. The van der Waals surface area contributed by atoms with Crippen LogP contribution < -0.4 is 4.90 Å². The second-order valence-corrected chi connectivity index (χ2v) is 8.66. The zero-order valence-corrected chi connectivity index (χ0v) is 14.8. The number of aliphatic hydroxyl groups excluding tert-OH is 1. The van der Waals surface area contributed by atoms with E-state index in [0.29, 0.717) is 12.3 Å². The number of carbonyl (C=O) groups is 1. The highest BCUT2D eigenvalue weighted by Gasteiger charge is 2.75. The van der Waals surface area contributed by atoms with Crippen LogP contribution in [-0.2, 0) is 10.2 Å². The minimum absolute atomic E-state index is 0.0392. The fourth-order valence-electron chi connectivity index (χ4n) is 7.20. The third kappa shape index (κ3) is 1.46. The summed E-state index contributed by atoms with van der Waals surface area (Å²) in [5.41, 5.74) is 2.17. The van der Waals surface area contributed by atoms with Gasteiger partial charge in [-0.25, -0.2) is 0 Å². The molecular formula is C21H24N2O3. The highest BCUT2D eigenvalue weighted by Crippen LogP contribution is 2.68. The van der Waals surface area contributed by atoms with Crippen molar-refractivity contribution in [2.75, 3.05) is 24.6 Å². The second-order valence-electron chi connectivity index (χ2n) is 8.66. The van der Waals surface area contributed by atoms with Crippen molar-refractivity contribution in [3.05, 3.63) is 41.5 Å². The van der Waals surface area contributed by atoms with Crippen LogP contribution in [0.4, 0.5) is 5.69 Å². The monoisotopic (exact) mass is 352 g/mol. The maximum atomic E-state index is 12.9. The molecule has 3 saturated heterocycles. The number of rotatable bonds is 1. The largest absolute Gasteiger partial charge is 0.392 e. The zero-order chi connectivity index (χ0) is 17.7. The Kier molecular flexibility index (Phi) is 2.82. The number of aliphatic hydroxyl groups is 2. The van der Waals surface area contributed by atoms with Crippen LogP contribution in [0, 0.1) is 11.8 Å².